The van der Waals surface area contributed by atoms with Crippen LogP contribution in [0.1, 0.15) is 20.3 Å². The van der Waals surface area contributed by atoms with E-state index in [0.29, 0.717) is 18.4 Å². The Morgan fingerprint density at radius 1 is 1.24 bits per heavy atom. The van der Waals surface area contributed by atoms with E-state index < -0.39 is 6.10 Å². The van der Waals surface area contributed by atoms with E-state index in [2.05, 4.69) is 32.5 Å². The van der Waals surface area contributed by atoms with E-state index in [0.717, 1.165) is 13.0 Å². The van der Waals surface area contributed by atoms with Crippen LogP contribution in [0.15, 0.2) is 0 Å². The van der Waals surface area contributed by atoms with Gasteiger partial charge in [-0.15, -0.1) is 0 Å². The first-order valence-electron chi connectivity index (χ1n) is 5.61. The summed E-state index contributed by atoms with van der Waals surface area (Å²) in [6.45, 7) is 4.89. The third-order valence-corrected chi connectivity index (χ3v) is 1.89. The Balaban J connectivity index is 2.73. The van der Waals surface area contributed by atoms with E-state index in [-0.39, 0.29) is 6.01 Å². The Labute approximate surface area is 101 Å². The highest BCUT2D eigenvalue weighted by Crippen LogP contribution is 2.10. The molecule has 1 atom stereocenters. The smallest absolute Gasteiger partial charge is 0.322 e. The maximum Gasteiger partial charge on any atom is 0.322 e. The van der Waals surface area contributed by atoms with Crippen molar-refractivity contribution in [2.45, 2.75) is 26.4 Å². The lowest BCUT2D eigenvalue weighted by atomic mass is 10.4. The normalized spacial score (nSPS) is 12.0. The predicted octanol–water partition coefficient (Wildman–Crippen LogP) is 0.495. The van der Waals surface area contributed by atoms with Crippen LogP contribution in [0, 0.1) is 0 Å². The first kappa shape index (κ1) is 13.4. The van der Waals surface area contributed by atoms with E-state index in [1.54, 1.807) is 6.92 Å². The molecular weight excluding hydrogens is 222 g/mol. The van der Waals surface area contributed by atoms with Crippen LogP contribution < -0.4 is 15.4 Å². The van der Waals surface area contributed by atoms with E-state index in [1.165, 1.54) is 7.11 Å². The zero-order valence-corrected chi connectivity index (χ0v) is 10.4. The van der Waals surface area contributed by atoms with Crippen LogP contribution in [0.3, 0.4) is 0 Å². The Hall–Kier alpha value is -1.63. The minimum Gasteiger partial charge on any atom is -0.467 e. The highest BCUT2D eigenvalue weighted by molar-refractivity contribution is 5.35. The molecule has 1 aromatic rings. The number of aliphatic hydroxyl groups is 1. The molecule has 0 aliphatic rings. The molecule has 1 unspecified atom stereocenters. The Morgan fingerprint density at radius 2 is 1.88 bits per heavy atom. The van der Waals surface area contributed by atoms with Crippen molar-refractivity contribution in [1.29, 1.82) is 0 Å². The summed E-state index contributed by atoms with van der Waals surface area (Å²) in [5, 5.41) is 15.1. The summed E-state index contributed by atoms with van der Waals surface area (Å²) < 4.78 is 4.98. The van der Waals surface area contributed by atoms with Gasteiger partial charge >= 0.3 is 6.01 Å². The van der Waals surface area contributed by atoms with Crippen LogP contribution in [0.2, 0.25) is 0 Å². The van der Waals surface area contributed by atoms with Crippen LogP contribution in [0.4, 0.5) is 11.9 Å². The molecule has 0 bridgehead atoms. The highest BCUT2D eigenvalue weighted by Gasteiger charge is 2.06. The minimum absolute atomic E-state index is 0.242. The Morgan fingerprint density at radius 3 is 2.41 bits per heavy atom. The summed E-state index contributed by atoms with van der Waals surface area (Å²) in [5.74, 6) is 0.850. The van der Waals surface area contributed by atoms with Gasteiger partial charge in [0.2, 0.25) is 11.9 Å². The van der Waals surface area contributed by atoms with Gasteiger partial charge in [0.1, 0.15) is 0 Å². The van der Waals surface area contributed by atoms with Gasteiger partial charge in [-0.3, -0.25) is 0 Å². The molecule has 0 spiro atoms. The number of anilines is 2. The number of nitrogens with one attached hydrogen (secondary N) is 2. The Kier molecular flexibility index (Phi) is 5.41. The van der Waals surface area contributed by atoms with Gasteiger partial charge in [-0.25, -0.2) is 0 Å². The fourth-order valence-electron chi connectivity index (χ4n) is 1.08. The van der Waals surface area contributed by atoms with Crippen LogP contribution in [-0.4, -0.2) is 46.4 Å². The fraction of sp³-hybridized carbons (Fsp3) is 0.700. The molecule has 0 fully saturated rings. The van der Waals surface area contributed by atoms with Crippen molar-refractivity contribution in [2.75, 3.05) is 30.8 Å². The number of ether oxygens (including phenoxy) is 1. The molecule has 0 radical (unpaired) electrons. The molecule has 7 heteroatoms. The summed E-state index contributed by atoms with van der Waals surface area (Å²) in [6, 6.07) is 0.242. The lowest BCUT2D eigenvalue weighted by Crippen LogP contribution is -2.18. The van der Waals surface area contributed by atoms with Gasteiger partial charge < -0.3 is 20.5 Å². The second-order valence-corrected chi connectivity index (χ2v) is 3.63. The minimum atomic E-state index is -0.468. The van der Waals surface area contributed by atoms with Gasteiger partial charge in [0.25, 0.3) is 0 Å². The van der Waals surface area contributed by atoms with Crippen molar-refractivity contribution >= 4 is 11.9 Å². The molecular formula is C10H19N5O2. The van der Waals surface area contributed by atoms with Crippen LogP contribution in [0.5, 0.6) is 6.01 Å². The predicted molar refractivity (Wildman–Crippen MR) is 65.3 cm³/mol. The number of rotatable bonds is 7. The molecule has 0 saturated heterocycles. The molecule has 1 aromatic heterocycles. The van der Waals surface area contributed by atoms with Crippen molar-refractivity contribution < 1.29 is 9.84 Å². The molecule has 7 nitrogen and oxygen atoms in total. The summed E-state index contributed by atoms with van der Waals surface area (Å²) in [7, 11) is 1.50. The van der Waals surface area contributed by atoms with E-state index in [1.807, 2.05) is 0 Å². The van der Waals surface area contributed by atoms with Gasteiger partial charge in [-0.05, 0) is 13.3 Å². The molecule has 96 valence electrons. The summed E-state index contributed by atoms with van der Waals surface area (Å²) in [6.07, 6.45) is 0.509. The lowest BCUT2D eigenvalue weighted by Gasteiger charge is -2.09. The molecule has 1 rings (SSSR count). The molecule has 1 heterocycles. The zero-order chi connectivity index (χ0) is 12.7. The number of aliphatic hydroxyl groups excluding tert-OH is 1. The number of hydrogen-bond donors (Lipinski definition) is 3. The molecule has 0 aliphatic heterocycles. The number of hydrogen-bond acceptors (Lipinski definition) is 7. The molecule has 0 amide bonds. The van der Waals surface area contributed by atoms with Crippen molar-refractivity contribution in [3.63, 3.8) is 0 Å². The fourth-order valence-corrected chi connectivity index (χ4v) is 1.08. The van der Waals surface area contributed by atoms with Crippen molar-refractivity contribution in [2.24, 2.45) is 0 Å². The average molecular weight is 241 g/mol. The van der Waals surface area contributed by atoms with Gasteiger partial charge in [-0.2, -0.15) is 15.0 Å². The maximum absolute atomic E-state index is 9.17. The summed E-state index contributed by atoms with van der Waals surface area (Å²) in [4.78, 5) is 12.2. The van der Waals surface area contributed by atoms with E-state index in [9.17, 15) is 5.11 Å². The van der Waals surface area contributed by atoms with E-state index in [4.69, 9.17) is 4.74 Å². The number of aromatic nitrogens is 3. The first-order valence-corrected chi connectivity index (χ1v) is 5.61. The monoisotopic (exact) mass is 241 g/mol. The zero-order valence-electron chi connectivity index (χ0n) is 10.4. The van der Waals surface area contributed by atoms with Crippen molar-refractivity contribution in [1.82, 2.24) is 15.0 Å². The molecule has 0 aliphatic carbocycles. The highest BCUT2D eigenvalue weighted by atomic mass is 16.5. The molecule has 0 aromatic carbocycles. The summed E-state index contributed by atoms with van der Waals surface area (Å²) in [5.41, 5.74) is 0. The number of methoxy groups -OCH3 is 1. The largest absolute Gasteiger partial charge is 0.467 e. The first-order chi connectivity index (χ1) is 8.15. The lowest BCUT2D eigenvalue weighted by molar-refractivity contribution is 0.208. The third kappa shape index (κ3) is 4.81. The number of nitrogens with zero attached hydrogens (tertiary/aromatic N) is 3. The second kappa shape index (κ2) is 6.85. The molecule has 17 heavy (non-hydrogen) atoms. The summed E-state index contributed by atoms with van der Waals surface area (Å²) >= 11 is 0. The van der Waals surface area contributed by atoms with Crippen LogP contribution in [-0.2, 0) is 0 Å². The molecule has 3 N–H and O–H groups in total. The standard InChI is InChI=1S/C10H19N5O2/c1-4-5-11-8-13-9(12-6-7(2)16)15-10(14-8)17-3/h7,16H,4-6H2,1-3H3,(H2,11,12,13,14,15). The SMILES string of the molecule is CCCNc1nc(NCC(C)O)nc(OC)n1. The topological polar surface area (TPSA) is 92.2 Å². The van der Waals surface area contributed by atoms with Gasteiger partial charge in [0, 0.05) is 13.1 Å². The average Bonchev–Trinajstić information content (AvgIpc) is 2.33. The third-order valence-electron chi connectivity index (χ3n) is 1.89. The van der Waals surface area contributed by atoms with Gasteiger partial charge in [-0.1, -0.05) is 6.92 Å². The second-order valence-electron chi connectivity index (χ2n) is 3.63. The van der Waals surface area contributed by atoms with Crippen molar-refractivity contribution in [3.05, 3.63) is 0 Å². The quantitative estimate of drug-likeness (QED) is 0.640. The Bertz CT molecular complexity index is 345. The van der Waals surface area contributed by atoms with Crippen molar-refractivity contribution in [3.8, 4) is 6.01 Å². The van der Waals surface area contributed by atoms with Crippen LogP contribution >= 0.6 is 0 Å². The van der Waals surface area contributed by atoms with E-state index >= 15 is 0 Å². The van der Waals surface area contributed by atoms with Crippen LogP contribution in [0.25, 0.3) is 0 Å². The molecule has 0 saturated carbocycles. The maximum atomic E-state index is 9.17. The van der Waals surface area contributed by atoms with Gasteiger partial charge in [0.15, 0.2) is 0 Å². The van der Waals surface area contributed by atoms with Gasteiger partial charge in [0.05, 0.1) is 13.2 Å².